The Morgan fingerprint density at radius 3 is 2.87 bits per heavy atom. The Morgan fingerprint density at radius 2 is 2.22 bits per heavy atom. The van der Waals surface area contributed by atoms with E-state index in [0.29, 0.717) is 12.3 Å². The fourth-order valence-corrected chi connectivity index (χ4v) is 2.79. The van der Waals surface area contributed by atoms with Crippen LogP contribution in [0.15, 0.2) is 30.3 Å². The topological polar surface area (TPSA) is 73.6 Å². The van der Waals surface area contributed by atoms with Gasteiger partial charge in [-0.25, -0.2) is 0 Å². The molecule has 2 rings (SSSR count). The average molecular weight is 314 g/mol. The molecule has 1 N–H and O–H groups in total. The second kappa shape index (κ2) is 8.35. The summed E-state index contributed by atoms with van der Waals surface area (Å²) in [4.78, 5) is 14.1. The lowest BCUT2D eigenvalue weighted by Crippen LogP contribution is -2.48. The van der Waals surface area contributed by atoms with Crippen LogP contribution in [-0.2, 0) is 4.79 Å². The average Bonchev–Trinajstić information content (AvgIpc) is 2.58. The van der Waals surface area contributed by atoms with Crippen molar-refractivity contribution in [2.45, 2.75) is 38.3 Å². The molecular formula is C18H22N2O3. The highest BCUT2D eigenvalue weighted by atomic mass is 16.5. The molecule has 23 heavy (non-hydrogen) atoms. The number of nitrogens with zero attached hydrogens (tertiary/aromatic N) is 2. The molecule has 1 aliphatic heterocycles. The van der Waals surface area contributed by atoms with E-state index >= 15 is 0 Å². The van der Waals surface area contributed by atoms with Crippen LogP contribution in [0.2, 0.25) is 0 Å². The Kier molecular flexibility index (Phi) is 6.19. The smallest absolute Gasteiger partial charge is 0.246 e. The van der Waals surface area contributed by atoms with Gasteiger partial charge in [0.2, 0.25) is 5.91 Å². The summed E-state index contributed by atoms with van der Waals surface area (Å²) in [6.45, 7) is 2.45. The van der Waals surface area contributed by atoms with Gasteiger partial charge >= 0.3 is 0 Å². The van der Waals surface area contributed by atoms with Gasteiger partial charge in [0.1, 0.15) is 11.8 Å². The summed E-state index contributed by atoms with van der Waals surface area (Å²) >= 11 is 0. The highest BCUT2D eigenvalue weighted by Gasteiger charge is 2.28. The van der Waals surface area contributed by atoms with Crippen LogP contribution < -0.4 is 4.74 Å². The third-order valence-electron chi connectivity index (χ3n) is 3.99. The van der Waals surface area contributed by atoms with E-state index in [4.69, 9.17) is 10.00 Å². The van der Waals surface area contributed by atoms with Gasteiger partial charge < -0.3 is 14.7 Å². The maximum Gasteiger partial charge on any atom is 0.246 e. The zero-order chi connectivity index (χ0) is 16.7. The summed E-state index contributed by atoms with van der Waals surface area (Å²) in [5.41, 5.74) is 0.883. The summed E-state index contributed by atoms with van der Waals surface area (Å²) in [6.07, 6.45) is 5.67. The standard InChI is InChI=1S/C18H22N2O3/c1-14(21)17-4-2-3-12-20(17)18(22)10-7-15-5-8-16(9-6-15)23-13-11-19/h5-10,14,17,21H,2-4,12-13H2,1H3/b10-7+. The molecule has 0 bridgehead atoms. The molecule has 5 heteroatoms. The number of ether oxygens (including phenoxy) is 1. The minimum atomic E-state index is -0.510. The minimum Gasteiger partial charge on any atom is -0.479 e. The number of piperidine rings is 1. The van der Waals surface area contributed by atoms with Gasteiger partial charge in [0.25, 0.3) is 0 Å². The van der Waals surface area contributed by atoms with Gasteiger partial charge in [0, 0.05) is 12.6 Å². The van der Waals surface area contributed by atoms with Crippen molar-refractivity contribution < 1.29 is 14.6 Å². The normalized spacial score (nSPS) is 19.3. The highest BCUT2D eigenvalue weighted by molar-refractivity contribution is 5.92. The second-order valence-electron chi connectivity index (χ2n) is 5.68. The number of carbonyl (C=O) groups is 1. The third-order valence-corrected chi connectivity index (χ3v) is 3.99. The summed E-state index contributed by atoms with van der Waals surface area (Å²) in [5, 5.41) is 18.3. The largest absolute Gasteiger partial charge is 0.479 e. The number of nitriles is 1. The lowest BCUT2D eigenvalue weighted by atomic mass is 9.98. The van der Waals surface area contributed by atoms with Crippen molar-refractivity contribution in [3.63, 3.8) is 0 Å². The van der Waals surface area contributed by atoms with Gasteiger partial charge in [-0.3, -0.25) is 4.79 Å². The van der Waals surface area contributed by atoms with Gasteiger partial charge in [-0.05, 0) is 50.0 Å². The number of carbonyl (C=O) groups excluding carboxylic acids is 1. The van der Waals surface area contributed by atoms with Gasteiger partial charge in [0.15, 0.2) is 6.61 Å². The van der Waals surface area contributed by atoms with Crippen molar-refractivity contribution in [1.29, 1.82) is 5.26 Å². The molecular weight excluding hydrogens is 292 g/mol. The van der Waals surface area contributed by atoms with Crippen molar-refractivity contribution in [2.24, 2.45) is 0 Å². The second-order valence-corrected chi connectivity index (χ2v) is 5.68. The van der Waals surface area contributed by atoms with E-state index in [1.807, 2.05) is 18.2 Å². The maximum absolute atomic E-state index is 12.4. The fraction of sp³-hybridized carbons (Fsp3) is 0.444. The molecule has 1 aromatic carbocycles. The van der Waals surface area contributed by atoms with E-state index in [9.17, 15) is 9.90 Å². The van der Waals surface area contributed by atoms with Crippen LogP contribution >= 0.6 is 0 Å². The quantitative estimate of drug-likeness (QED) is 0.847. The minimum absolute atomic E-state index is 0.0172. The molecule has 1 aliphatic rings. The molecule has 122 valence electrons. The number of aliphatic hydroxyl groups is 1. The molecule has 0 aromatic heterocycles. The van der Waals surface area contributed by atoms with Crippen LogP contribution in [0, 0.1) is 11.3 Å². The lowest BCUT2D eigenvalue weighted by molar-refractivity contribution is -0.132. The van der Waals surface area contributed by atoms with Gasteiger partial charge in [-0.1, -0.05) is 12.1 Å². The van der Waals surface area contributed by atoms with Crippen LogP contribution in [0.3, 0.4) is 0 Å². The van der Waals surface area contributed by atoms with E-state index in [-0.39, 0.29) is 18.6 Å². The molecule has 1 fully saturated rings. The number of hydrogen-bond donors (Lipinski definition) is 1. The monoisotopic (exact) mass is 314 g/mol. The number of amides is 1. The van der Waals surface area contributed by atoms with Crippen molar-refractivity contribution in [2.75, 3.05) is 13.2 Å². The van der Waals surface area contributed by atoms with Crippen molar-refractivity contribution >= 4 is 12.0 Å². The first-order chi connectivity index (χ1) is 11.1. The summed E-state index contributed by atoms with van der Waals surface area (Å²) < 4.78 is 5.18. The molecule has 0 spiro atoms. The first-order valence-electron chi connectivity index (χ1n) is 7.88. The van der Waals surface area contributed by atoms with Crippen molar-refractivity contribution in [3.8, 4) is 11.8 Å². The fourth-order valence-electron chi connectivity index (χ4n) is 2.79. The first-order valence-corrected chi connectivity index (χ1v) is 7.88. The number of hydrogen-bond acceptors (Lipinski definition) is 4. The Bertz CT molecular complexity index is 587. The van der Waals surface area contributed by atoms with E-state index < -0.39 is 6.10 Å². The molecule has 0 saturated carbocycles. The molecule has 1 aromatic rings. The van der Waals surface area contributed by atoms with E-state index in [2.05, 4.69) is 0 Å². The zero-order valence-corrected chi connectivity index (χ0v) is 13.3. The third kappa shape index (κ3) is 4.83. The Labute approximate surface area is 136 Å². The molecule has 5 nitrogen and oxygen atoms in total. The van der Waals surface area contributed by atoms with Crippen LogP contribution in [0.1, 0.15) is 31.7 Å². The molecule has 0 radical (unpaired) electrons. The summed E-state index contributed by atoms with van der Waals surface area (Å²) in [6, 6.07) is 9.01. The first kappa shape index (κ1) is 17.0. The lowest BCUT2D eigenvalue weighted by Gasteiger charge is -2.36. The number of likely N-dealkylation sites (tertiary alicyclic amines) is 1. The molecule has 0 aliphatic carbocycles. The van der Waals surface area contributed by atoms with Crippen molar-refractivity contribution in [3.05, 3.63) is 35.9 Å². The van der Waals surface area contributed by atoms with Crippen LogP contribution in [0.25, 0.3) is 6.08 Å². The van der Waals surface area contributed by atoms with Gasteiger partial charge in [-0.2, -0.15) is 5.26 Å². The number of rotatable bonds is 5. The van der Waals surface area contributed by atoms with Crippen molar-refractivity contribution in [1.82, 2.24) is 4.90 Å². The number of aliphatic hydroxyl groups excluding tert-OH is 1. The molecule has 1 saturated heterocycles. The van der Waals surface area contributed by atoms with E-state index in [1.54, 1.807) is 36.1 Å². The highest BCUT2D eigenvalue weighted by Crippen LogP contribution is 2.20. The van der Waals surface area contributed by atoms with Crippen LogP contribution in [0.5, 0.6) is 5.75 Å². The van der Waals surface area contributed by atoms with Crippen LogP contribution in [-0.4, -0.2) is 41.2 Å². The molecule has 1 amide bonds. The van der Waals surface area contributed by atoms with Crippen LogP contribution in [0.4, 0.5) is 0 Å². The predicted molar refractivity (Wildman–Crippen MR) is 87.6 cm³/mol. The van der Waals surface area contributed by atoms with Gasteiger partial charge in [-0.15, -0.1) is 0 Å². The molecule has 2 atom stereocenters. The molecule has 1 heterocycles. The molecule has 2 unspecified atom stereocenters. The SMILES string of the molecule is CC(O)C1CCCCN1C(=O)/C=C/c1ccc(OCC#N)cc1. The summed E-state index contributed by atoms with van der Waals surface area (Å²) in [5.74, 6) is 0.556. The Hall–Kier alpha value is -2.32. The predicted octanol–water partition coefficient (Wildman–Crippen LogP) is 2.36. The Balaban J connectivity index is 1.98. The zero-order valence-electron chi connectivity index (χ0n) is 13.3. The summed E-state index contributed by atoms with van der Waals surface area (Å²) in [7, 11) is 0. The van der Waals surface area contributed by atoms with Gasteiger partial charge in [0.05, 0.1) is 12.1 Å². The maximum atomic E-state index is 12.4. The van der Waals surface area contributed by atoms with E-state index in [1.165, 1.54) is 0 Å². The number of benzene rings is 1. The Morgan fingerprint density at radius 1 is 1.48 bits per heavy atom. The van der Waals surface area contributed by atoms with E-state index in [0.717, 1.165) is 24.8 Å².